The van der Waals surface area contributed by atoms with Crippen LogP contribution in [0.2, 0.25) is 0 Å². The van der Waals surface area contributed by atoms with Crippen molar-refractivity contribution < 1.29 is 0 Å². The molecule has 0 radical (unpaired) electrons. The lowest BCUT2D eigenvalue weighted by atomic mass is 10.2. The standard InChI is InChI=1S/C13H17N3S/c1-2-6-12-11(5-1)16-13(17-12)15-9-7-10-4-3-8-14-10/h1-2,5-6,10,14H,3-4,7-9H2,(H,15,16). The van der Waals surface area contributed by atoms with E-state index in [4.69, 9.17) is 0 Å². The predicted molar refractivity (Wildman–Crippen MR) is 73.8 cm³/mol. The molecule has 0 bridgehead atoms. The second-order valence-electron chi connectivity index (χ2n) is 4.50. The zero-order chi connectivity index (χ0) is 11.5. The minimum atomic E-state index is 0.705. The van der Waals surface area contributed by atoms with Gasteiger partial charge in [0.05, 0.1) is 10.2 Å². The molecule has 1 aliphatic rings. The molecule has 2 aromatic rings. The highest BCUT2D eigenvalue weighted by molar-refractivity contribution is 7.22. The van der Waals surface area contributed by atoms with Crippen LogP contribution in [0, 0.1) is 0 Å². The highest BCUT2D eigenvalue weighted by atomic mass is 32.1. The van der Waals surface area contributed by atoms with Crippen LogP contribution in [0.15, 0.2) is 24.3 Å². The molecule has 0 saturated carbocycles. The summed E-state index contributed by atoms with van der Waals surface area (Å²) in [4.78, 5) is 4.56. The third kappa shape index (κ3) is 2.58. The summed E-state index contributed by atoms with van der Waals surface area (Å²) >= 11 is 1.74. The van der Waals surface area contributed by atoms with Gasteiger partial charge in [0.2, 0.25) is 0 Å². The molecule has 1 fully saturated rings. The van der Waals surface area contributed by atoms with Gasteiger partial charge in [-0.25, -0.2) is 4.98 Å². The number of nitrogens with one attached hydrogen (secondary N) is 2. The van der Waals surface area contributed by atoms with Gasteiger partial charge in [-0.3, -0.25) is 0 Å². The van der Waals surface area contributed by atoms with E-state index in [1.54, 1.807) is 11.3 Å². The van der Waals surface area contributed by atoms with Crippen molar-refractivity contribution in [1.29, 1.82) is 0 Å². The van der Waals surface area contributed by atoms with Crippen LogP contribution >= 0.6 is 11.3 Å². The van der Waals surface area contributed by atoms with Crippen molar-refractivity contribution >= 4 is 26.7 Å². The van der Waals surface area contributed by atoms with E-state index in [2.05, 4.69) is 33.8 Å². The number of para-hydroxylation sites is 1. The average molecular weight is 247 g/mol. The lowest BCUT2D eigenvalue weighted by molar-refractivity contribution is 0.574. The lowest BCUT2D eigenvalue weighted by Crippen LogP contribution is -2.23. The Hall–Kier alpha value is -1.13. The Morgan fingerprint density at radius 3 is 3.18 bits per heavy atom. The number of benzene rings is 1. The number of aromatic nitrogens is 1. The Bertz CT molecular complexity index is 455. The number of thiazole rings is 1. The summed E-state index contributed by atoms with van der Waals surface area (Å²) in [6.45, 7) is 2.20. The summed E-state index contributed by atoms with van der Waals surface area (Å²) in [6.07, 6.45) is 3.84. The van der Waals surface area contributed by atoms with Crippen molar-refractivity contribution in [3.8, 4) is 0 Å². The Morgan fingerprint density at radius 1 is 1.41 bits per heavy atom. The molecule has 1 aromatic heterocycles. The minimum absolute atomic E-state index is 0.705. The second-order valence-corrected chi connectivity index (χ2v) is 5.53. The van der Waals surface area contributed by atoms with Crippen LogP contribution in [0.1, 0.15) is 19.3 Å². The summed E-state index contributed by atoms with van der Waals surface area (Å²) in [5, 5.41) is 7.99. The van der Waals surface area contributed by atoms with Gasteiger partial charge in [0.25, 0.3) is 0 Å². The predicted octanol–water partition coefficient (Wildman–Crippen LogP) is 2.85. The molecule has 1 unspecified atom stereocenters. The minimum Gasteiger partial charge on any atom is -0.361 e. The normalized spacial score (nSPS) is 19.9. The maximum absolute atomic E-state index is 4.56. The number of hydrogen-bond donors (Lipinski definition) is 2. The van der Waals surface area contributed by atoms with E-state index in [1.165, 1.54) is 30.5 Å². The summed E-state index contributed by atoms with van der Waals surface area (Å²) in [5.41, 5.74) is 1.10. The molecule has 4 heteroatoms. The van der Waals surface area contributed by atoms with E-state index in [9.17, 15) is 0 Å². The molecule has 1 saturated heterocycles. The number of nitrogens with zero attached hydrogens (tertiary/aromatic N) is 1. The largest absolute Gasteiger partial charge is 0.361 e. The molecule has 3 rings (SSSR count). The second kappa shape index (κ2) is 5.02. The highest BCUT2D eigenvalue weighted by Gasteiger charge is 2.13. The fraction of sp³-hybridized carbons (Fsp3) is 0.462. The summed E-state index contributed by atoms with van der Waals surface area (Å²) in [6, 6.07) is 8.99. The molecule has 0 spiro atoms. The van der Waals surface area contributed by atoms with Crippen LogP contribution in [0.4, 0.5) is 5.13 Å². The van der Waals surface area contributed by atoms with E-state index in [1.807, 2.05) is 6.07 Å². The SMILES string of the molecule is c1ccc2sc(NCCC3CCCN3)nc2c1. The number of anilines is 1. The van der Waals surface area contributed by atoms with Gasteiger partial charge in [0.1, 0.15) is 0 Å². The maximum Gasteiger partial charge on any atom is 0.183 e. The van der Waals surface area contributed by atoms with Gasteiger partial charge in [-0.2, -0.15) is 0 Å². The zero-order valence-corrected chi connectivity index (χ0v) is 10.6. The van der Waals surface area contributed by atoms with Crippen LogP contribution in [0.5, 0.6) is 0 Å². The summed E-state index contributed by atoms with van der Waals surface area (Å²) in [5.74, 6) is 0. The van der Waals surface area contributed by atoms with Crippen molar-refractivity contribution in [3.63, 3.8) is 0 Å². The van der Waals surface area contributed by atoms with Gasteiger partial charge in [-0.05, 0) is 37.9 Å². The molecule has 2 N–H and O–H groups in total. The molecule has 1 atom stereocenters. The Kier molecular flexibility index (Phi) is 3.25. The van der Waals surface area contributed by atoms with Crippen molar-refractivity contribution in [2.24, 2.45) is 0 Å². The molecule has 90 valence electrons. The first-order valence-electron chi connectivity index (χ1n) is 6.25. The molecule has 1 aliphatic heterocycles. The molecule has 3 nitrogen and oxygen atoms in total. The molecule has 17 heavy (non-hydrogen) atoms. The van der Waals surface area contributed by atoms with Crippen LogP contribution in [0.3, 0.4) is 0 Å². The van der Waals surface area contributed by atoms with Crippen molar-refractivity contribution in [1.82, 2.24) is 10.3 Å². The first-order chi connectivity index (χ1) is 8.42. The number of hydrogen-bond acceptors (Lipinski definition) is 4. The number of rotatable bonds is 4. The molecule has 0 aliphatic carbocycles. The maximum atomic E-state index is 4.56. The number of fused-ring (bicyclic) bond motifs is 1. The van der Waals surface area contributed by atoms with Gasteiger partial charge in [0.15, 0.2) is 5.13 Å². The van der Waals surface area contributed by atoms with Gasteiger partial charge in [0, 0.05) is 12.6 Å². The van der Waals surface area contributed by atoms with Gasteiger partial charge in [-0.1, -0.05) is 23.5 Å². The third-order valence-electron chi connectivity index (χ3n) is 3.23. The van der Waals surface area contributed by atoms with E-state index in [0.717, 1.165) is 17.2 Å². The van der Waals surface area contributed by atoms with E-state index in [-0.39, 0.29) is 0 Å². The Morgan fingerprint density at radius 2 is 2.35 bits per heavy atom. The van der Waals surface area contributed by atoms with Crippen LogP contribution in [-0.2, 0) is 0 Å². The fourth-order valence-corrected chi connectivity index (χ4v) is 3.20. The molecule has 2 heterocycles. The smallest absolute Gasteiger partial charge is 0.183 e. The third-order valence-corrected chi connectivity index (χ3v) is 4.22. The molecular formula is C13H17N3S. The molecule has 0 amide bonds. The summed E-state index contributed by atoms with van der Waals surface area (Å²) < 4.78 is 1.26. The molecular weight excluding hydrogens is 230 g/mol. The average Bonchev–Trinajstić information content (AvgIpc) is 2.96. The van der Waals surface area contributed by atoms with Crippen LogP contribution < -0.4 is 10.6 Å². The van der Waals surface area contributed by atoms with Crippen LogP contribution in [-0.4, -0.2) is 24.1 Å². The van der Waals surface area contributed by atoms with E-state index >= 15 is 0 Å². The van der Waals surface area contributed by atoms with E-state index in [0.29, 0.717) is 6.04 Å². The first-order valence-corrected chi connectivity index (χ1v) is 7.06. The monoisotopic (exact) mass is 247 g/mol. The van der Waals surface area contributed by atoms with Crippen LogP contribution in [0.25, 0.3) is 10.2 Å². The molecule has 1 aromatic carbocycles. The Labute approximate surface area is 105 Å². The zero-order valence-electron chi connectivity index (χ0n) is 9.78. The van der Waals surface area contributed by atoms with Gasteiger partial charge >= 0.3 is 0 Å². The van der Waals surface area contributed by atoms with Crippen molar-refractivity contribution in [2.75, 3.05) is 18.4 Å². The van der Waals surface area contributed by atoms with E-state index < -0.39 is 0 Å². The van der Waals surface area contributed by atoms with Crippen molar-refractivity contribution in [3.05, 3.63) is 24.3 Å². The van der Waals surface area contributed by atoms with Gasteiger partial charge < -0.3 is 10.6 Å². The summed E-state index contributed by atoms with van der Waals surface area (Å²) in [7, 11) is 0. The topological polar surface area (TPSA) is 37.0 Å². The Balaban J connectivity index is 1.57. The van der Waals surface area contributed by atoms with Crippen molar-refractivity contribution in [2.45, 2.75) is 25.3 Å². The highest BCUT2D eigenvalue weighted by Crippen LogP contribution is 2.25. The van der Waals surface area contributed by atoms with Gasteiger partial charge in [-0.15, -0.1) is 0 Å². The first kappa shape index (κ1) is 11.0. The lowest BCUT2D eigenvalue weighted by Gasteiger charge is -2.09. The fourth-order valence-electron chi connectivity index (χ4n) is 2.30. The quantitative estimate of drug-likeness (QED) is 0.872.